The zero-order valence-electron chi connectivity index (χ0n) is 9.82. The second-order valence-electron chi connectivity index (χ2n) is 3.84. The highest BCUT2D eigenvalue weighted by molar-refractivity contribution is 8.15. The van der Waals surface area contributed by atoms with Crippen LogP contribution in [0.25, 0.3) is 0 Å². The highest BCUT2D eigenvalue weighted by Gasteiger charge is 2.28. The number of amidine groups is 1. The van der Waals surface area contributed by atoms with Gasteiger partial charge in [-0.05, 0) is 11.6 Å². The van der Waals surface area contributed by atoms with E-state index >= 15 is 0 Å². The molecule has 0 saturated carbocycles. The van der Waals surface area contributed by atoms with Gasteiger partial charge >= 0.3 is 6.98 Å². The predicted octanol–water partition coefficient (Wildman–Crippen LogP) is 1.43. The van der Waals surface area contributed by atoms with Crippen LogP contribution in [0.2, 0.25) is 0 Å². The van der Waals surface area contributed by atoms with Gasteiger partial charge in [0.05, 0.1) is 17.8 Å². The van der Waals surface area contributed by atoms with Crippen LogP contribution in [0.1, 0.15) is 5.56 Å². The van der Waals surface area contributed by atoms with Crippen molar-refractivity contribution < 1.29 is 22.1 Å². The van der Waals surface area contributed by atoms with Crippen LogP contribution in [-0.4, -0.2) is 30.0 Å². The van der Waals surface area contributed by atoms with Gasteiger partial charge in [0.1, 0.15) is 0 Å². The first-order valence-corrected chi connectivity index (χ1v) is 6.38. The number of nitrogens with one attached hydrogen (secondary N) is 1. The lowest BCUT2D eigenvalue weighted by atomic mass is 9.79. The van der Waals surface area contributed by atoms with E-state index in [-0.39, 0.29) is 22.4 Å². The lowest BCUT2D eigenvalue weighted by Crippen LogP contribution is -2.37. The summed E-state index contributed by atoms with van der Waals surface area (Å²) in [5.74, 6) is -1.31. The SMILES string of the molecule is O=C1CSC(=NN=Cc2ccc(F)c([B-](F)(F)F)c2)N1. The van der Waals surface area contributed by atoms with Crippen LogP contribution in [0.4, 0.5) is 17.3 Å². The van der Waals surface area contributed by atoms with Crippen molar-refractivity contribution in [2.75, 3.05) is 5.75 Å². The van der Waals surface area contributed by atoms with Gasteiger partial charge in [0.2, 0.25) is 5.91 Å². The van der Waals surface area contributed by atoms with E-state index in [1.807, 2.05) is 0 Å². The van der Waals surface area contributed by atoms with Gasteiger partial charge in [-0.2, -0.15) is 5.10 Å². The fourth-order valence-corrected chi connectivity index (χ4v) is 2.05. The largest absolute Gasteiger partial charge is 0.512 e. The number of carbonyl (C=O) groups excluding carboxylic acids is 1. The normalized spacial score (nSPS) is 18.0. The van der Waals surface area contributed by atoms with Crippen molar-refractivity contribution in [2.24, 2.45) is 10.2 Å². The molecule has 0 radical (unpaired) electrons. The maximum Gasteiger partial charge on any atom is 0.512 e. The smallest absolute Gasteiger partial charge is 0.445 e. The molecule has 0 spiro atoms. The molecule has 4 nitrogen and oxygen atoms in total. The van der Waals surface area contributed by atoms with Crippen LogP contribution < -0.4 is 10.8 Å². The van der Waals surface area contributed by atoms with Crippen LogP contribution in [0, 0.1) is 5.82 Å². The van der Waals surface area contributed by atoms with Gasteiger partial charge in [0.25, 0.3) is 0 Å². The second kappa shape index (κ2) is 5.65. The number of carbonyl (C=O) groups is 1. The number of benzene rings is 1. The maximum absolute atomic E-state index is 13.0. The number of halogens is 4. The fraction of sp³-hybridized carbons (Fsp3) is 0.100. The first-order valence-electron chi connectivity index (χ1n) is 5.39. The molecule has 1 N–H and O–H groups in total. The molecule has 2 rings (SSSR count). The number of thioether (sulfide) groups is 1. The summed E-state index contributed by atoms with van der Waals surface area (Å²) in [5.41, 5.74) is -1.23. The Kier molecular flexibility index (Phi) is 4.12. The molecule has 0 bridgehead atoms. The van der Waals surface area contributed by atoms with E-state index in [0.29, 0.717) is 6.07 Å². The summed E-state index contributed by atoms with van der Waals surface area (Å²) in [6.45, 7) is -5.42. The quantitative estimate of drug-likeness (QED) is 0.397. The highest BCUT2D eigenvalue weighted by Crippen LogP contribution is 2.13. The van der Waals surface area contributed by atoms with Gasteiger partial charge in [-0.1, -0.05) is 29.4 Å². The molecule has 1 saturated heterocycles. The molecule has 0 aromatic heterocycles. The second-order valence-corrected chi connectivity index (χ2v) is 4.81. The van der Waals surface area contributed by atoms with E-state index < -0.39 is 18.3 Å². The third kappa shape index (κ3) is 3.59. The summed E-state index contributed by atoms with van der Waals surface area (Å²) in [4.78, 5) is 10.8. The van der Waals surface area contributed by atoms with Gasteiger partial charge in [0.15, 0.2) is 5.17 Å². The number of rotatable bonds is 3. The van der Waals surface area contributed by atoms with E-state index in [1.165, 1.54) is 0 Å². The molecule has 1 amide bonds. The van der Waals surface area contributed by atoms with Crippen LogP contribution in [-0.2, 0) is 4.79 Å². The number of hydrogen-bond acceptors (Lipinski definition) is 4. The van der Waals surface area contributed by atoms with Gasteiger partial charge in [0, 0.05) is 0 Å². The van der Waals surface area contributed by atoms with E-state index in [1.54, 1.807) is 0 Å². The maximum atomic E-state index is 13.0. The molecule has 1 aliphatic rings. The Morgan fingerprint density at radius 1 is 1.35 bits per heavy atom. The third-order valence-corrected chi connectivity index (χ3v) is 3.18. The standard InChI is InChI=1S/C10H7BF4N3OS/c12-8-2-1-6(3-7(8)11(13,14)15)4-16-18-10-17-9(19)5-20-10/h1-4H,5H2,(H,17,18,19)/q-1. The summed E-state index contributed by atoms with van der Waals surface area (Å²) in [7, 11) is 0. The average Bonchev–Trinajstić information content (AvgIpc) is 2.76. The Labute approximate surface area is 115 Å². The number of amides is 1. The van der Waals surface area contributed by atoms with Crippen LogP contribution in [0.5, 0.6) is 0 Å². The minimum absolute atomic E-state index is 0.0688. The van der Waals surface area contributed by atoms with Crippen molar-refractivity contribution in [3.8, 4) is 0 Å². The van der Waals surface area contributed by atoms with Crippen molar-refractivity contribution in [3.63, 3.8) is 0 Å². The molecule has 20 heavy (non-hydrogen) atoms. The summed E-state index contributed by atoms with van der Waals surface area (Å²) in [5, 5.41) is 9.87. The minimum atomic E-state index is -5.42. The Balaban J connectivity index is 2.16. The van der Waals surface area contributed by atoms with Crippen LogP contribution in [0.15, 0.2) is 28.4 Å². The van der Waals surface area contributed by atoms with E-state index in [9.17, 15) is 22.1 Å². The summed E-state index contributed by atoms with van der Waals surface area (Å²) in [6.07, 6.45) is 1.06. The van der Waals surface area contributed by atoms with Crippen LogP contribution in [0.3, 0.4) is 0 Å². The Hall–Kier alpha value is -1.84. The topological polar surface area (TPSA) is 53.8 Å². The molecule has 0 aliphatic carbocycles. The first-order chi connectivity index (χ1) is 9.36. The van der Waals surface area contributed by atoms with E-state index in [0.717, 1.165) is 30.1 Å². The summed E-state index contributed by atoms with van der Waals surface area (Å²) < 4.78 is 50.7. The zero-order valence-corrected chi connectivity index (χ0v) is 10.6. The van der Waals surface area contributed by atoms with Crippen molar-refractivity contribution in [2.45, 2.75) is 0 Å². The minimum Gasteiger partial charge on any atom is -0.445 e. The summed E-state index contributed by atoms with van der Waals surface area (Å²) in [6, 6.07) is 2.55. The van der Waals surface area contributed by atoms with E-state index in [2.05, 4.69) is 15.5 Å². The number of nitrogens with zero attached hydrogens (tertiary/aromatic N) is 2. The Morgan fingerprint density at radius 3 is 2.70 bits per heavy atom. The molecule has 0 unspecified atom stereocenters. The lowest BCUT2D eigenvalue weighted by Gasteiger charge is -2.15. The molecule has 0 atom stereocenters. The molecular weight excluding hydrogens is 297 g/mol. The first kappa shape index (κ1) is 14.6. The van der Waals surface area contributed by atoms with Gasteiger partial charge in [-0.3, -0.25) is 4.79 Å². The third-order valence-electron chi connectivity index (χ3n) is 2.31. The molecule has 1 aromatic rings. The average molecular weight is 304 g/mol. The molecular formula is C10H7BF4N3OS-. The highest BCUT2D eigenvalue weighted by atomic mass is 32.2. The van der Waals surface area contributed by atoms with Crippen LogP contribution >= 0.6 is 11.8 Å². The van der Waals surface area contributed by atoms with E-state index in [4.69, 9.17) is 0 Å². The molecule has 1 heterocycles. The molecule has 1 aliphatic heterocycles. The van der Waals surface area contributed by atoms with Crippen molar-refractivity contribution in [1.82, 2.24) is 5.32 Å². The Morgan fingerprint density at radius 2 is 2.10 bits per heavy atom. The summed E-state index contributed by atoms with van der Waals surface area (Å²) >= 11 is 1.13. The van der Waals surface area contributed by atoms with Crippen molar-refractivity contribution in [1.29, 1.82) is 0 Å². The van der Waals surface area contributed by atoms with Crippen molar-refractivity contribution in [3.05, 3.63) is 29.6 Å². The molecule has 1 aromatic carbocycles. The number of hydrogen-bond donors (Lipinski definition) is 1. The Bertz CT molecular complexity index is 603. The zero-order chi connectivity index (χ0) is 14.8. The molecule has 1 fully saturated rings. The predicted molar refractivity (Wildman–Crippen MR) is 70.7 cm³/mol. The molecule has 106 valence electrons. The van der Waals surface area contributed by atoms with Gasteiger partial charge < -0.3 is 18.3 Å². The monoisotopic (exact) mass is 304 g/mol. The fourth-order valence-electron chi connectivity index (χ4n) is 1.42. The van der Waals surface area contributed by atoms with Gasteiger partial charge in [-0.25, -0.2) is 4.39 Å². The van der Waals surface area contributed by atoms with Gasteiger partial charge in [-0.15, -0.1) is 5.10 Å². The lowest BCUT2D eigenvalue weighted by molar-refractivity contribution is -0.116. The molecule has 10 heteroatoms. The van der Waals surface area contributed by atoms with Crippen molar-refractivity contribution >= 4 is 41.5 Å².